The van der Waals surface area contributed by atoms with E-state index in [1.165, 1.54) is 14.9 Å². The number of methoxy groups -OCH3 is 1. The number of likely N-dealkylation sites (N-methyl/N-ethyl adjacent to an activating group) is 1. The number of hydrazine groups is 1. The number of ether oxygens (including phenoxy) is 1. The molecule has 0 spiro atoms. The molecular weight excluding hydrogens is 416 g/mol. The lowest BCUT2D eigenvalue weighted by molar-refractivity contribution is -0.181. The van der Waals surface area contributed by atoms with E-state index in [2.05, 4.69) is 5.32 Å². The van der Waals surface area contributed by atoms with E-state index in [1.54, 1.807) is 21.1 Å². The van der Waals surface area contributed by atoms with Gasteiger partial charge in [0.05, 0.1) is 13.7 Å². The highest BCUT2D eigenvalue weighted by molar-refractivity contribution is 5.89. The van der Waals surface area contributed by atoms with Crippen LogP contribution in [0.15, 0.2) is 18.2 Å². The first kappa shape index (κ1) is 25.1. The number of amides is 3. The van der Waals surface area contributed by atoms with E-state index in [0.29, 0.717) is 19.4 Å². The van der Waals surface area contributed by atoms with Crippen molar-refractivity contribution in [3.63, 3.8) is 0 Å². The van der Waals surface area contributed by atoms with Crippen LogP contribution < -0.4 is 10.1 Å². The van der Waals surface area contributed by atoms with Gasteiger partial charge in [-0.25, -0.2) is 5.01 Å². The highest BCUT2D eigenvalue weighted by atomic mass is 16.5. The van der Waals surface area contributed by atoms with Crippen molar-refractivity contribution in [2.24, 2.45) is 0 Å². The molecule has 1 fully saturated rings. The standard InChI is InChI=1S/C22H32N4O6/c1-5-17-12-16(6-8-19(17)32-4)10-11-23-22(31)18(7-9-21(29)30)26-15(2)25(14-27)24(3)13-20(26)28/h6,8,12,14-15,18H,5,7,9-11,13H2,1-4H3,(H,23,31)(H,29,30)/t15-,18?/m1/s1. The fourth-order valence-electron chi connectivity index (χ4n) is 3.95. The Hall–Kier alpha value is -3.14. The van der Waals surface area contributed by atoms with Gasteiger partial charge in [-0.2, -0.15) is 0 Å². The molecule has 0 aliphatic carbocycles. The fraction of sp³-hybridized carbons (Fsp3) is 0.545. The number of carboxylic acid groups (broad SMARTS) is 1. The van der Waals surface area contributed by atoms with Gasteiger partial charge in [0.15, 0.2) is 0 Å². The van der Waals surface area contributed by atoms with Gasteiger partial charge in [-0.15, -0.1) is 0 Å². The molecule has 1 aromatic carbocycles. The van der Waals surface area contributed by atoms with Gasteiger partial charge in [0.25, 0.3) is 0 Å². The number of nitrogens with zero attached hydrogens (tertiary/aromatic N) is 3. The lowest BCUT2D eigenvalue weighted by atomic mass is 10.0. The van der Waals surface area contributed by atoms with Gasteiger partial charge in [-0.05, 0) is 43.4 Å². The van der Waals surface area contributed by atoms with E-state index < -0.39 is 24.1 Å². The minimum Gasteiger partial charge on any atom is -0.496 e. The summed E-state index contributed by atoms with van der Waals surface area (Å²) in [5.41, 5.74) is 2.10. The zero-order valence-electron chi connectivity index (χ0n) is 19.0. The molecule has 1 aliphatic heterocycles. The lowest BCUT2D eigenvalue weighted by Crippen LogP contribution is -2.67. The molecule has 176 valence electrons. The minimum atomic E-state index is -1.06. The van der Waals surface area contributed by atoms with Crippen molar-refractivity contribution in [2.45, 2.75) is 51.7 Å². The number of nitrogens with one attached hydrogen (secondary N) is 1. The Morgan fingerprint density at radius 3 is 2.69 bits per heavy atom. The van der Waals surface area contributed by atoms with Gasteiger partial charge >= 0.3 is 5.97 Å². The summed E-state index contributed by atoms with van der Waals surface area (Å²) < 4.78 is 5.34. The number of aliphatic carboxylic acids is 1. The van der Waals surface area contributed by atoms with Crippen LogP contribution in [0.25, 0.3) is 0 Å². The van der Waals surface area contributed by atoms with Gasteiger partial charge in [-0.3, -0.25) is 24.2 Å². The third-order valence-corrected chi connectivity index (χ3v) is 5.65. The molecule has 10 heteroatoms. The topological polar surface area (TPSA) is 119 Å². The highest BCUT2D eigenvalue weighted by Crippen LogP contribution is 2.22. The molecule has 32 heavy (non-hydrogen) atoms. The number of carbonyl (C=O) groups excluding carboxylic acids is 3. The summed E-state index contributed by atoms with van der Waals surface area (Å²) in [6.07, 6.45) is 0.945. The van der Waals surface area contributed by atoms with Crippen LogP contribution in [0.2, 0.25) is 0 Å². The molecule has 1 aromatic rings. The zero-order chi connectivity index (χ0) is 23.8. The quantitative estimate of drug-likeness (QED) is 0.477. The SMILES string of the molecule is CCc1cc(CCNC(=O)C(CCC(=O)O)N2C(=O)CN(C)N(C=O)[C@H]2C)ccc1OC. The van der Waals surface area contributed by atoms with Gasteiger partial charge < -0.3 is 20.1 Å². The Balaban J connectivity index is 2.11. The number of hydrogen-bond acceptors (Lipinski definition) is 6. The fourth-order valence-corrected chi connectivity index (χ4v) is 3.95. The average molecular weight is 449 g/mol. The second kappa shape index (κ2) is 11.5. The van der Waals surface area contributed by atoms with Gasteiger partial charge in [0, 0.05) is 20.0 Å². The van der Waals surface area contributed by atoms with E-state index in [1.807, 2.05) is 25.1 Å². The smallest absolute Gasteiger partial charge is 0.303 e. The van der Waals surface area contributed by atoms with Crippen LogP contribution in [0.4, 0.5) is 0 Å². The van der Waals surface area contributed by atoms with Crippen molar-refractivity contribution in [3.05, 3.63) is 29.3 Å². The monoisotopic (exact) mass is 448 g/mol. The molecule has 2 rings (SSSR count). The van der Waals surface area contributed by atoms with Crippen LogP contribution in [0, 0.1) is 0 Å². The van der Waals surface area contributed by atoms with Crippen LogP contribution in [-0.4, -0.2) is 83.7 Å². The van der Waals surface area contributed by atoms with Crippen molar-refractivity contribution in [1.29, 1.82) is 0 Å². The summed E-state index contributed by atoms with van der Waals surface area (Å²) in [6.45, 7) is 3.91. The first-order valence-corrected chi connectivity index (χ1v) is 10.6. The molecule has 1 unspecified atom stereocenters. The summed E-state index contributed by atoms with van der Waals surface area (Å²) in [6, 6.07) is 4.86. The van der Waals surface area contributed by atoms with E-state index in [9.17, 15) is 19.2 Å². The van der Waals surface area contributed by atoms with Crippen molar-refractivity contribution < 1.29 is 29.0 Å². The molecule has 0 aromatic heterocycles. The average Bonchev–Trinajstić information content (AvgIpc) is 2.75. The number of hydrogen-bond donors (Lipinski definition) is 2. The van der Waals surface area contributed by atoms with Gasteiger partial charge in [0.2, 0.25) is 18.2 Å². The summed E-state index contributed by atoms with van der Waals surface area (Å²) in [7, 11) is 3.23. The van der Waals surface area contributed by atoms with Crippen LogP contribution in [-0.2, 0) is 32.0 Å². The lowest BCUT2D eigenvalue weighted by Gasteiger charge is -2.47. The molecule has 3 amide bonds. The van der Waals surface area contributed by atoms with Crippen molar-refractivity contribution in [2.75, 3.05) is 27.2 Å². The maximum atomic E-state index is 13.0. The Labute approximate surface area is 188 Å². The predicted molar refractivity (Wildman–Crippen MR) is 117 cm³/mol. The molecule has 1 saturated heterocycles. The number of carboxylic acids is 1. The molecule has 1 heterocycles. The van der Waals surface area contributed by atoms with Crippen molar-refractivity contribution in [1.82, 2.24) is 20.2 Å². The second-order valence-electron chi connectivity index (χ2n) is 7.72. The Bertz CT molecular complexity index is 846. The molecule has 10 nitrogen and oxygen atoms in total. The molecule has 0 radical (unpaired) electrons. The Morgan fingerprint density at radius 1 is 1.38 bits per heavy atom. The molecular formula is C22H32N4O6. The summed E-state index contributed by atoms with van der Waals surface area (Å²) in [5, 5.41) is 14.7. The first-order valence-electron chi connectivity index (χ1n) is 10.6. The second-order valence-corrected chi connectivity index (χ2v) is 7.72. The first-order chi connectivity index (χ1) is 15.2. The van der Waals surface area contributed by atoms with E-state index in [0.717, 1.165) is 23.3 Å². The molecule has 2 atom stereocenters. The molecule has 0 bridgehead atoms. The summed E-state index contributed by atoms with van der Waals surface area (Å²) in [4.78, 5) is 49.6. The van der Waals surface area contributed by atoms with E-state index in [4.69, 9.17) is 9.84 Å². The maximum absolute atomic E-state index is 13.0. The Morgan fingerprint density at radius 2 is 2.09 bits per heavy atom. The van der Waals surface area contributed by atoms with Crippen LogP contribution >= 0.6 is 0 Å². The van der Waals surface area contributed by atoms with Crippen molar-refractivity contribution in [3.8, 4) is 5.75 Å². The largest absolute Gasteiger partial charge is 0.496 e. The zero-order valence-corrected chi connectivity index (χ0v) is 19.0. The van der Waals surface area contributed by atoms with E-state index >= 15 is 0 Å². The highest BCUT2D eigenvalue weighted by Gasteiger charge is 2.40. The number of benzene rings is 1. The molecule has 0 saturated carbocycles. The van der Waals surface area contributed by atoms with Crippen molar-refractivity contribution >= 4 is 24.2 Å². The third kappa shape index (κ3) is 5.97. The van der Waals surface area contributed by atoms with Crippen LogP contribution in [0.1, 0.15) is 37.8 Å². The normalized spacial score (nSPS) is 17.8. The summed E-state index contributed by atoms with van der Waals surface area (Å²) in [5.74, 6) is -1.02. The maximum Gasteiger partial charge on any atom is 0.303 e. The van der Waals surface area contributed by atoms with Crippen LogP contribution in [0.3, 0.4) is 0 Å². The number of rotatable bonds is 11. The van der Waals surface area contributed by atoms with Gasteiger partial charge in [0.1, 0.15) is 18.0 Å². The molecule has 1 aliphatic rings. The third-order valence-electron chi connectivity index (χ3n) is 5.65. The minimum absolute atomic E-state index is 0.0455. The summed E-state index contributed by atoms with van der Waals surface area (Å²) >= 11 is 0. The van der Waals surface area contributed by atoms with Crippen LogP contribution in [0.5, 0.6) is 5.75 Å². The number of aryl methyl sites for hydroxylation is 1. The Kier molecular flexibility index (Phi) is 9.01. The van der Waals surface area contributed by atoms with E-state index in [-0.39, 0.29) is 25.3 Å². The predicted octanol–water partition coefficient (Wildman–Crippen LogP) is 0.643. The molecule has 2 N–H and O–H groups in total. The van der Waals surface area contributed by atoms with Gasteiger partial charge in [-0.1, -0.05) is 19.1 Å². The number of carbonyl (C=O) groups is 4.